The van der Waals surface area contributed by atoms with Gasteiger partial charge in [-0.25, -0.2) is 0 Å². The first-order valence-corrected chi connectivity index (χ1v) is 3.87. The third kappa shape index (κ3) is 1.34. The van der Waals surface area contributed by atoms with E-state index in [2.05, 4.69) is 6.58 Å². The summed E-state index contributed by atoms with van der Waals surface area (Å²) in [4.78, 5) is 0. The number of hydrogen-bond donors (Lipinski definition) is 0. The highest BCUT2D eigenvalue weighted by Crippen LogP contribution is 2.27. The monoisotopic (exact) mass is 162 g/mol. The predicted octanol–water partition coefficient (Wildman–Crippen LogP) is 2.25. The molecule has 0 radical (unpaired) electrons. The minimum Gasteiger partial charge on any atom is -0.463 e. The molecule has 2 rings (SSSR count). The van der Waals surface area contributed by atoms with Crippen LogP contribution < -0.4 is 0 Å². The molecule has 0 N–H and O–H groups in total. The van der Waals surface area contributed by atoms with Crippen LogP contribution >= 0.6 is 0 Å². The van der Waals surface area contributed by atoms with Crippen LogP contribution in [0.5, 0.6) is 0 Å². The predicted molar refractivity (Wildman–Crippen MR) is 45.4 cm³/mol. The Morgan fingerprint density at radius 2 is 2.00 bits per heavy atom. The van der Waals surface area contributed by atoms with Crippen LogP contribution in [-0.2, 0) is 9.47 Å². The van der Waals surface area contributed by atoms with Crippen molar-refractivity contribution in [1.29, 1.82) is 0 Å². The smallest absolute Gasteiger partial charge is 0.226 e. The SMILES string of the molecule is C=C1CO[C@H](c2ccccc2)O1. The standard InChI is InChI=1S/C10H10O2/c1-8-7-11-10(12-8)9-5-3-2-4-6-9/h2-6,10H,1,7H2/t10-/m0/s1. The number of benzene rings is 1. The molecule has 0 spiro atoms. The summed E-state index contributed by atoms with van der Waals surface area (Å²) in [6.45, 7) is 4.18. The van der Waals surface area contributed by atoms with Crippen molar-refractivity contribution in [2.45, 2.75) is 6.29 Å². The van der Waals surface area contributed by atoms with E-state index in [9.17, 15) is 0 Å². The molecule has 0 unspecified atom stereocenters. The van der Waals surface area contributed by atoms with E-state index in [0.717, 1.165) is 5.56 Å². The van der Waals surface area contributed by atoms with Crippen LogP contribution in [0.1, 0.15) is 11.9 Å². The van der Waals surface area contributed by atoms with Crippen molar-refractivity contribution in [1.82, 2.24) is 0 Å². The molecule has 0 saturated carbocycles. The lowest BCUT2D eigenvalue weighted by atomic mass is 10.2. The van der Waals surface area contributed by atoms with Crippen LogP contribution in [0, 0.1) is 0 Å². The summed E-state index contributed by atoms with van der Waals surface area (Å²) in [5, 5.41) is 0. The van der Waals surface area contributed by atoms with Crippen molar-refractivity contribution >= 4 is 0 Å². The van der Waals surface area contributed by atoms with E-state index >= 15 is 0 Å². The molecule has 1 atom stereocenters. The minimum absolute atomic E-state index is 0.251. The van der Waals surface area contributed by atoms with E-state index in [1.54, 1.807) is 0 Å². The van der Waals surface area contributed by atoms with Gasteiger partial charge in [-0.15, -0.1) is 0 Å². The Morgan fingerprint density at radius 3 is 2.58 bits per heavy atom. The van der Waals surface area contributed by atoms with E-state index in [-0.39, 0.29) is 6.29 Å². The van der Waals surface area contributed by atoms with E-state index in [1.807, 2.05) is 30.3 Å². The zero-order valence-electron chi connectivity index (χ0n) is 6.69. The van der Waals surface area contributed by atoms with Gasteiger partial charge in [-0.2, -0.15) is 0 Å². The summed E-state index contributed by atoms with van der Waals surface area (Å²) in [7, 11) is 0. The summed E-state index contributed by atoms with van der Waals surface area (Å²) < 4.78 is 10.7. The van der Waals surface area contributed by atoms with E-state index in [0.29, 0.717) is 12.4 Å². The van der Waals surface area contributed by atoms with Crippen molar-refractivity contribution in [2.75, 3.05) is 6.61 Å². The minimum atomic E-state index is -0.251. The molecule has 2 nitrogen and oxygen atoms in total. The van der Waals surface area contributed by atoms with Crippen LogP contribution in [0.3, 0.4) is 0 Å². The van der Waals surface area contributed by atoms with Gasteiger partial charge in [0.05, 0.1) is 0 Å². The Balaban J connectivity index is 2.16. The highest BCUT2D eigenvalue weighted by Gasteiger charge is 2.20. The average molecular weight is 162 g/mol. The maximum Gasteiger partial charge on any atom is 0.226 e. The number of rotatable bonds is 1. The first-order valence-electron chi connectivity index (χ1n) is 3.87. The fourth-order valence-electron chi connectivity index (χ4n) is 1.16. The summed E-state index contributed by atoms with van der Waals surface area (Å²) in [6.07, 6.45) is -0.251. The van der Waals surface area contributed by atoms with Crippen LogP contribution in [0.2, 0.25) is 0 Å². The van der Waals surface area contributed by atoms with Crippen LogP contribution in [-0.4, -0.2) is 6.61 Å². The molecule has 62 valence electrons. The van der Waals surface area contributed by atoms with Gasteiger partial charge in [-0.3, -0.25) is 0 Å². The van der Waals surface area contributed by atoms with Gasteiger partial charge in [0.25, 0.3) is 0 Å². The fourth-order valence-corrected chi connectivity index (χ4v) is 1.16. The molecule has 1 saturated heterocycles. The lowest BCUT2D eigenvalue weighted by molar-refractivity contribution is -0.0339. The lowest BCUT2D eigenvalue weighted by Gasteiger charge is -2.08. The van der Waals surface area contributed by atoms with Crippen LogP contribution in [0.25, 0.3) is 0 Å². The summed E-state index contributed by atoms with van der Waals surface area (Å²) in [5.74, 6) is 0.698. The number of hydrogen-bond acceptors (Lipinski definition) is 2. The molecule has 1 heterocycles. The Labute approximate surface area is 71.4 Å². The van der Waals surface area contributed by atoms with Gasteiger partial charge in [-0.1, -0.05) is 36.9 Å². The third-order valence-corrected chi connectivity index (χ3v) is 1.74. The topological polar surface area (TPSA) is 18.5 Å². The third-order valence-electron chi connectivity index (χ3n) is 1.74. The maximum absolute atomic E-state index is 5.33. The Hall–Kier alpha value is -1.28. The molecule has 1 aromatic carbocycles. The highest BCUT2D eigenvalue weighted by atomic mass is 16.7. The Bertz CT molecular complexity index is 279. The highest BCUT2D eigenvalue weighted by molar-refractivity contribution is 5.17. The first-order chi connectivity index (χ1) is 5.86. The molecule has 1 aliphatic heterocycles. The zero-order valence-corrected chi connectivity index (χ0v) is 6.69. The number of ether oxygens (including phenoxy) is 2. The summed E-state index contributed by atoms with van der Waals surface area (Å²) >= 11 is 0. The zero-order chi connectivity index (χ0) is 8.39. The molecule has 2 heteroatoms. The largest absolute Gasteiger partial charge is 0.463 e. The Kier molecular flexibility index (Phi) is 1.84. The lowest BCUT2D eigenvalue weighted by Crippen LogP contribution is -1.96. The van der Waals surface area contributed by atoms with Gasteiger partial charge < -0.3 is 9.47 Å². The second-order valence-electron chi connectivity index (χ2n) is 2.71. The molecule has 0 bridgehead atoms. The molecule has 1 aliphatic rings. The molecular formula is C10H10O2. The second kappa shape index (κ2) is 2.99. The van der Waals surface area contributed by atoms with Crippen LogP contribution in [0.15, 0.2) is 42.7 Å². The van der Waals surface area contributed by atoms with Crippen molar-refractivity contribution in [3.63, 3.8) is 0 Å². The van der Waals surface area contributed by atoms with E-state index < -0.39 is 0 Å². The normalized spacial score (nSPS) is 22.3. The average Bonchev–Trinajstić information content (AvgIpc) is 2.54. The molecule has 1 fully saturated rings. The van der Waals surface area contributed by atoms with Gasteiger partial charge in [-0.05, 0) is 0 Å². The maximum atomic E-state index is 5.33. The quantitative estimate of drug-likeness (QED) is 0.630. The molecule has 0 amide bonds. The summed E-state index contributed by atoms with van der Waals surface area (Å²) in [5.41, 5.74) is 1.04. The summed E-state index contributed by atoms with van der Waals surface area (Å²) in [6, 6.07) is 9.84. The van der Waals surface area contributed by atoms with Gasteiger partial charge in [0, 0.05) is 5.56 Å². The first kappa shape index (κ1) is 7.37. The van der Waals surface area contributed by atoms with Crippen LogP contribution in [0.4, 0.5) is 0 Å². The van der Waals surface area contributed by atoms with E-state index in [1.165, 1.54) is 0 Å². The van der Waals surface area contributed by atoms with Crippen molar-refractivity contribution in [3.05, 3.63) is 48.2 Å². The van der Waals surface area contributed by atoms with E-state index in [4.69, 9.17) is 9.47 Å². The van der Waals surface area contributed by atoms with Gasteiger partial charge in [0.1, 0.15) is 12.4 Å². The second-order valence-corrected chi connectivity index (χ2v) is 2.71. The molecule has 1 aromatic rings. The molecule has 0 aliphatic carbocycles. The molecular weight excluding hydrogens is 152 g/mol. The van der Waals surface area contributed by atoms with Gasteiger partial charge in [0.15, 0.2) is 0 Å². The van der Waals surface area contributed by atoms with Crippen molar-refractivity contribution in [3.8, 4) is 0 Å². The van der Waals surface area contributed by atoms with Crippen molar-refractivity contribution < 1.29 is 9.47 Å². The molecule has 12 heavy (non-hydrogen) atoms. The van der Waals surface area contributed by atoms with Gasteiger partial charge in [0.2, 0.25) is 6.29 Å². The Morgan fingerprint density at radius 1 is 1.25 bits per heavy atom. The molecule has 0 aromatic heterocycles. The van der Waals surface area contributed by atoms with Gasteiger partial charge >= 0.3 is 0 Å². The fraction of sp³-hybridized carbons (Fsp3) is 0.200. The van der Waals surface area contributed by atoms with Crippen molar-refractivity contribution in [2.24, 2.45) is 0 Å².